The minimum absolute atomic E-state index is 0.518. The average Bonchev–Trinajstić information content (AvgIpc) is 3.22. The third-order valence-corrected chi connectivity index (χ3v) is 4.84. The second kappa shape index (κ2) is 7.22. The van der Waals surface area contributed by atoms with Crippen LogP contribution in [0.15, 0.2) is 10.4 Å². The molecule has 1 atom stereocenters. The fraction of sp³-hybridized carbons (Fsp3) is 0.733. The summed E-state index contributed by atoms with van der Waals surface area (Å²) in [5, 5.41) is 6.70. The minimum atomic E-state index is 0.518. The number of thiazole rings is 1. The van der Waals surface area contributed by atoms with E-state index in [9.17, 15) is 0 Å². The van der Waals surface area contributed by atoms with E-state index < -0.39 is 0 Å². The molecule has 1 aromatic rings. The molecule has 0 radical (unpaired) electrons. The Kier molecular flexibility index (Phi) is 5.58. The molecule has 1 saturated carbocycles. The maximum Gasteiger partial charge on any atom is 0.193 e. The molecule has 21 heavy (non-hydrogen) atoms. The lowest BCUT2D eigenvalue weighted by molar-refractivity contribution is 0.246. The van der Waals surface area contributed by atoms with Crippen molar-refractivity contribution in [1.29, 1.82) is 0 Å². The number of rotatable bonds is 6. The predicted molar refractivity (Wildman–Crippen MR) is 89.9 cm³/mol. The summed E-state index contributed by atoms with van der Waals surface area (Å²) in [6.45, 7) is 6.01. The Hall–Kier alpha value is -1.14. The zero-order valence-corrected chi connectivity index (χ0v) is 14.6. The molecule has 0 bridgehead atoms. The zero-order chi connectivity index (χ0) is 15.4. The molecule has 1 N–H and O–H groups in total. The molecule has 0 aliphatic heterocycles. The lowest BCUT2D eigenvalue weighted by Crippen LogP contribution is -2.45. The Labute approximate surface area is 132 Å². The molecule has 0 aromatic carbocycles. The first kappa shape index (κ1) is 16.2. The normalized spacial score (nSPS) is 17.1. The molecule has 1 aliphatic carbocycles. The Bertz CT molecular complexity index is 480. The number of aryl methyl sites for hydroxylation is 1. The van der Waals surface area contributed by atoms with Gasteiger partial charge in [0.1, 0.15) is 0 Å². The number of aliphatic imine (C=N–C) groups is 1. The molecule has 1 aromatic heterocycles. The number of nitrogens with zero attached hydrogens (tertiary/aromatic N) is 4. The number of hydrogen-bond acceptors (Lipinski definition) is 4. The maximum atomic E-state index is 4.51. The molecule has 0 spiro atoms. The Balaban J connectivity index is 1.81. The van der Waals surface area contributed by atoms with E-state index in [4.69, 9.17) is 0 Å². The van der Waals surface area contributed by atoms with E-state index in [-0.39, 0.29) is 0 Å². The van der Waals surface area contributed by atoms with Gasteiger partial charge in [0.15, 0.2) is 5.96 Å². The lowest BCUT2D eigenvalue weighted by Gasteiger charge is -2.27. The van der Waals surface area contributed by atoms with Crippen molar-refractivity contribution in [3.63, 3.8) is 0 Å². The molecule has 1 fully saturated rings. The standard InChI is InChI=1S/C15H27N5S/c1-11(20(5)14-6-7-14)8-17-15(16-3)19(4)9-13-10-21-12(2)18-13/h10-11,14H,6-9H2,1-5H3,(H,16,17). The van der Waals surface area contributed by atoms with Crippen molar-refractivity contribution in [3.05, 3.63) is 16.1 Å². The molecule has 0 saturated heterocycles. The first-order valence-electron chi connectivity index (χ1n) is 7.56. The van der Waals surface area contributed by atoms with Crippen LogP contribution in [0.25, 0.3) is 0 Å². The van der Waals surface area contributed by atoms with Gasteiger partial charge >= 0.3 is 0 Å². The van der Waals surface area contributed by atoms with E-state index in [0.717, 1.165) is 35.8 Å². The third kappa shape index (κ3) is 4.68. The van der Waals surface area contributed by atoms with E-state index in [1.54, 1.807) is 11.3 Å². The average molecular weight is 309 g/mol. The van der Waals surface area contributed by atoms with Crippen LogP contribution in [-0.4, -0.2) is 60.5 Å². The van der Waals surface area contributed by atoms with Crippen molar-refractivity contribution in [3.8, 4) is 0 Å². The van der Waals surface area contributed by atoms with E-state index in [1.807, 2.05) is 14.0 Å². The molecule has 0 amide bonds. The highest BCUT2D eigenvalue weighted by molar-refractivity contribution is 7.09. The molecule has 1 aliphatic rings. The van der Waals surface area contributed by atoms with Crippen LogP contribution in [0.5, 0.6) is 0 Å². The highest BCUT2D eigenvalue weighted by atomic mass is 32.1. The van der Waals surface area contributed by atoms with Gasteiger partial charge in [0.25, 0.3) is 0 Å². The number of guanidine groups is 1. The summed E-state index contributed by atoms with van der Waals surface area (Å²) in [6.07, 6.45) is 2.69. The van der Waals surface area contributed by atoms with Crippen LogP contribution in [0.3, 0.4) is 0 Å². The van der Waals surface area contributed by atoms with Crippen LogP contribution in [0.1, 0.15) is 30.5 Å². The quantitative estimate of drug-likeness (QED) is 0.644. The van der Waals surface area contributed by atoms with Gasteiger partial charge in [-0.3, -0.25) is 9.89 Å². The van der Waals surface area contributed by atoms with Crippen LogP contribution >= 0.6 is 11.3 Å². The number of nitrogens with one attached hydrogen (secondary N) is 1. The molecule has 118 valence electrons. The summed E-state index contributed by atoms with van der Waals surface area (Å²) in [7, 11) is 6.11. The lowest BCUT2D eigenvalue weighted by atomic mass is 10.3. The van der Waals surface area contributed by atoms with Gasteiger partial charge in [0, 0.05) is 38.1 Å². The largest absolute Gasteiger partial charge is 0.355 e. The van der Waals surface area contributed by atoms with E-state index in [1.165, 1.54) is 12.8 Å². The van der Waals surface area contributed by atoms with Crippen molar-refractivity contribution in [2.24, 2.45) is 4.99 Å². The van der Waals surface area contributed by atoms with Crippen LogP contribution in [0.4, 0.5) is 0 Å². The Morgan fingerprint density at radius 1 is 1.52 bits per heavy atom. The molecule has 6 heteroatoms. The zero-order valence-electron chi connectivity index (χ0n) is 13.8. The van der Waals surface area contributed by atoms with Crippen molar-refractivity contribution in [2.75, 3.05) is 27.7 Å². The first-order chi connectivity index (χ1) is 10.0. The molecular weight excluding hydrogens is 282 g/mol. The third-order valence-electron chi connectivity index (χ3n) is 4.01. The maximum absolute atomic E-state index is 4.51. The first-order valence-corrected chi connectivity index (χ1v) is 8.44. The summed E-state index contributed by atoms with van der Waals surface area (Å²) in [5.74, 6) is 0.928. The summed E-state index contributed by atoms with van der Waals surface area (Å²) in [6, 6.07) is 1.31. The highest BCUT2D eigenvalue weighted by Gasteiger charge is 2.29. The summed E-state index contributed by atoms with van der Waals surface area (Å²) in [5.41, 5.74) is 1.10. The molecular formula is C15H27N5S. The van der Waals surface area contributed by atoms with Gasteiger partial charge in [0.05, 0.1) is 17.2 Å². The topological polar surface area (TPSA) is 43.8 Å². The van der Waals surface area contributed by atoms with Crippen molar-refractivity contribution in [2.45, 2.75) is 45.3 Å². The van der Waals surface area contributed by atoms with Gasteiger partial charge in [-0.25, -0.2) is 4.98 Å². The van der Waals surface area contributed by atoms with Crippen LogP contribution in [0, 0.1) is 6.92 Å². The summed E-state index contributed by atoms with van der Waals surface area (Å²) >= 11 is 1.69. The summed E-state index contributed by atoms with van der Waals surface area (Å²) in [4.78, 5) is 13.5. The minimum Gasteiger partial charge on any atom is -0.355 e. The van der Waals surface area contributed by atoms with Crippen LogP contribution in [0.2, 0.25) is 0 Å². The van der Waals surface area contributed by atoms with Gasteiger partial charge in [0.2, 0.25) is 0 Å². The Morgan fingerprint density at radius 2 is 2.24 bits per heavy atom. The van der Waals surface area contributed by atoms with Gasteiger partial charge in [-0.15, -0.1) is 11.3 Å². The van der Waals surface area contributed by atoms with E-state index in [0.29, 0.717) is 6.04 Å². The second-order valence-corrected chi connectivity index (χ2v) is 6.95. The molecule has 5 nitrogen and oxygen atoms in total. The fourth-order valence-corrected chi connectivity index (χ4v) is 3.01. The van der Waals surface area contributed by atoms with E-state index >= 15 is 0 Å². The van der Waals surface area contributed by atoms with Crippen molar-refractivity contribution in [1.82, 2.24) is 20.1 Å². The van der Waals surface area contributed by atoms with Crippen molar-refractivity contribution < 1.29 is 0 Å². The SMILES string of the molecule is CN=C(NCC(C)N(C)C1CC1)N(C)Cc1csc(C)n1. The smallest absolute Gasteiger partial charge is 0.193 e. The molecule has 2 rings (SSSR count). The number of aromatic nitrogens is 1. The van der Waals surface area contributed by atoms with Gasteiger partial charge in [-0.1, -0.05) is 0 Å². The second-order valence-electron chi connectivity index (χ2n) is 5.89. The number of likely N-dealkylation sites (N-methyl/N-ethyl adjacent to an activating group) is 1. The predicted octanol–water partition coefficient (Wildman–Crippen LogP) is 1.94. The monoisotopic (exact) mass is 309 g/mol. The van der Waals surface area contributed by atoms with Gasteiger partial charge < -0.3 is 10.2 Å². The molecule has 1 unspecified atom stereocenters. The van der Waals surface area contributed by atoms with Crippen LogP contribution in [-0.2, 0) is 6.54 Å². The summed E-state index contributed by atoms with van der Waals surface area (Å²) < 4.78 is 0. The molecule has 1 heterocycles. The van der Waals surface area contributed by atoms with Crippen LogP contribution < -0.4 is 5.32 Å². The van der Waals surface area contributed by atoms with Gasteiger partial charge in [-0.2, -0.15) is 0 Å². The fourth-order valence-electron chi connectivity index (χ4n) is 2.41. The van der Waals surface area contributed by atoms with E-state index in [2.05, 4.69) is 51.5 Å². The Morgan fingerprint density at radius 3 is 2.76 bits per heavy atom. The highest BCUT2D eigenvalue weighted by Crippen LogP contribution is 2.26. The van der Waals surface area contributed by atoms with Gasteiger partial charge in [-0.05, 0) is 33.7 Å². The number of hydrogen-bond donors (Lipinski definition) is 1. The van der Waals surface area contributed by atoms with Crippen molar-refractivity contribution >= 4 is 17.3 Å².